The van der Waals surface area contributed by atoms with E-state index in [1.165, 1.54) is 32.0 Å². The average Bonchev–Trinajstić information content (AvgIpc) is 2.29. The van der Waals surface area contributed by atoms with Gasteiger partial charge >= 0.3 is 0 Å². The van der Waals surface area contributed by atoms with E-state index in [1.807, 2.05) is 0 Å². The summed E-state index contributed by atoms with van der Waals surface area (Å²) in [7, 11) is 0. The van der Waals surface area contributed by atoms with Gasteiger partial charge in [-0.1, -0.05) is 44.7 Å². The maximum absolute atomic E-state index is 6.05. The number of anilines is 1. The Morgan fingerprint density at radius 1 is 1.29 bits per heavy atom. The van der Waals surface area contributed by atoms with Crippen LogP contribution in [0.1, 0.15) is 52.0 Å². The average molecular weight is 256 g/mol. The molecule has 0 saturated heterocycles. The van der Waals surface area contributed by atoms with Gasteiger partial charge in [0.25, 0.3) is 0 Å². The topological polar surface area (TPSA) is 37.8 Å². The lowest BCUT2D eigenvalue weighted by atomic mass is 10.1. The first kappa shape index (κ1) is 14.2. The molecule has 1 heterocycles. The molecule has 3 nitrogen and oxygen atoms in total. The van der Waals surface area contributed by atoms with Gasteiger partial charge in [-0.05, 0) is 19.8 Å². The molecule has 1 atom stereocenters. The number of rotatable bonds is 7. The number of aromatic nitrogens is 2. The quantitative estimate of drug-likeness (QED) is 0.590. The van der Waals surface area contributed by atoms with Gasteiger partial charge in [-0.2, -0.15) is 0 Å². The number of nitrogens with zero attached hydrogens (tertiary/aromatic N) is 2. The van der Waals surface area contributed by atoms with Crippen molar-refractivity contribution in [1.29, 1.82) is 0 Å². The predicted molar refractivity (Wildman–Crippen MR) is 73.6 cm³/mol. The third-order valence-electron chi connectivity index (χ3n) is 2.87. The molecule has 0 aliphatic carbocycles. The molecule has 0 aliphatic rings. The molecule has 0 saturated carbocycles. The molecule has 1 unspecified atom stereocenters. The molecule has 0 fully saturated rings. The van der Waals surface area contributed by atoms with Crippen molar-refractivity contribution in [3.05, 3.63) is 17.0 Å². The van der Waals surface area contributed by atoms with Gasteiger partial charge in [0.1, 0.15) is 17.3 Å². The van der Waals surface area contributed by atoms with Crippen LogP contribution in [0, 0.1) is 0 Å². The highest BCUT2D eigenvalue weighted by molar-refractivity contribution is 6.30. The molecule has 17 heavy (non-hydrogen) atoms. The SMILES string of the molecule is CCCCCC(C)Nc1ncnc(Cl)c1CC. The van der Waals surface area contributed by atoms with E-state index in [1.54, 1.807) is 0 Å². The molecule has 96 valence electrons. The summed E-state index contributed by atoms with van der Waals surface area (Å²) in [5.41, 5.74) is 1.01. The maximum Gasteiger partial charge on any atom is 0.137 e. The first-order valence-corrected chi connectivity index (χ1v) is 6.82. The number of halogens is 1. The summed E-state index contributed by atoms with van der Waals surface area (Å²) in [6.07, 6.45) is 7.33. The molecule has 0 aliphatic heterocycles. The number of nitrogens with one attached hydrogen (secondary N) is 1. The van der Waals surface area contributed by atoms with Crippen molar-refractivity contribution in [2.75, 3.05) is 5.32 Å². The molecule has 0 radical (unpaired) electrons. The normalized spacial score (nSPS) is 12.5. The second kappa shape index (κ2) is 7.49. The van der Waals surface area contributed by atoms with Crippen LogP contribution in [0.3, 0.4) is 0 Å². The summed E-state index contributed by atoms with van der Waals surface area (Å²) < 4.78 is 0. The summed E-state index contributed by atoms with van der Waals surface area (Å²) in [5.74, 6) is 0.886. The van der Waals surface area contributed by atoms with Gasteiger partial charge < -0.3 is 5.32 Å². The van der Waals surface area contributed by atoms with E-state index in [0.717, 1.165) is 17.8 Å². The van der Waals surface area contributed by atoms with Crippen molar-refractivity contribution in [1.82, 2.24) is 9.97 Å². The molecule has 1 rings (SSSR count). The zero-order chi connectivity index (χ0) is 12.7. The van der Waals surface area contributed by atoms with Crippen LogP contribution in [-0.4, -0.2) is 16.0 Å². The fourth-order valence-electron chi connectivity index (χ4n) is 1.83. The fraction of sp³-hybridized carbons (Fsp3) is 0.692. The summed E-state index contributed by atoms with van der Waals surface area (Å²) in [6.45, 7) is 6.47. The van der Waals surface area contributed by atoms with Gasteiger partial charge in [-0.3, -0.25) is 0 Å². The minimum atomic E-state index is 0.429. The molecular weight excluding hydrogens is 234 g/mol. The third kappa shape index (κ3) is 4.50. The summed E-state index contributed by atoms with van der Waals surface area (Å²) in [6, 6.07) is 0.429. The van der Waals surface area contributed by atoms with Crippen LogP contribution in [0.5, 0.6) is 0 Å². The van der Waals surface area contributed by atoms with Gasteiger partial charge in [0.05, 0.1) is 0 Å². The minimum absolute atomic E-state index is 0.429. The summed E-state index contributed by atoms with van der Waals surface area (Å²) in [5, 5.41) is 3.99. The highest BCUT2D eigenvalue weighted by atomic mass is 35.5. The van der Waals surface area contributed by atoms with Crippen molar-refractivity contribution in [2.45, 2.75) is 58.9 Å². The predicted octanol–water partition coefficient (Wildman–Crippen LogP) is 4.07. The lowest BCUT2D eigenvalue weighted by Crippen LogP contribution is -2.17. The lowest BCUT2D eigenvalue weighted by Gasteiger charge is -2.16. The van der Waals surface area contributed by atoms with Gasteiger partial charge in [0.2, 0.25) is 0 Å². The van der Waals surface area contributed by atoms with E-state index in [2.05, 4.69) is 36.1 Å². The Bertz CT molecular complexity index is 341. The Morgan fingerprint density at radius 3 is 2.71 bits per heavy atom. The van der Waals surface area contributed by atoms with Gasteiger partial charge in [-0.15, -0.1) is 0 Å². The Morgan fingerprint density at radius 2 is 2.06 bits per heavy atom. The molecule has 1 aromatic heterocycles. The molecule has 0 aromatic carbocycles. The number of hydrogen-bond donors (Lipinski definition) is 1. The van der Waals surface area contributed by atoms with E-state index in [4.69, 9.17) is 11.6 Å². The third-order valence-corrected chi connectivity index (χ3v) is 3.20. The first-order chi connectivity index (χ1) is 8.19. The van der Waals surface area contributed by atoms with Crippen LogP contribution < -0.4 is 5.32 Å². The summed E-state index contributed by atoms with van der Waals surface area (Å²) >= 11 is 6.05. The minimum Gasteiger partial charge on any atom is -0.367 e. The largest absolute Gasteiger partial charge is 0.367 e. The highest BCUT2D eigenvalue weighted by Crippen LogP contribution is 2.21. The molecule has 0 bridgehead atoms. The zero-order valence-corrected chi connectivity index (χ0v) is 11.7. The zero-order valence-electron chi connectivity index (χ0n) is 11.0. The molecule has 1 N–H and O–H groups in total. The molecule has 0 amide bonds. The monoisotopic (exact) mass is 255 g/mol. The molecule has 1 aromatic rings. The highest BCUT2D eigenvalue weighted by Gasteiger charge is 2.10. The Hall–Kier alpha value is -0.830. The van der Waals surface area contributed by atoms with Crippen LogP contribution in [0.25, 0.3) is 0 Å². The second-order valence-corrected chi connectivity index (χ2v) is 4.74. The lowest BCUT2D eigenvalue weighted by molar-refractivity contribution is 0.613. The number of hydrogen-bond acceptors (Lipinski definition) is 3. The Kier molecular flexibility index (Phi) is 6.27. The maximum atomic E-state index is 6.05. The van der Waals surface area contributed by atoms with Crippen molar-refractivity contribution in [3.63, 3.8) is 0 Å². The van der Waals surface area contributed by atoms with Crippen molar-refractivity contribution < 1.29 is 0 Å². The standard InChI is InChI=1S/C13H22ClN3/c1-4-6-7-8-10(3)17-13-11(5-2)12(14)15-9-16-13/h9-10H,4-8H2,1-3H3,(H,15,16,17). The van der Waals surface area contributed by atoms with Crippen LogP contribution >= 0.6 is 11.6 Å². The molecular formula is C13H22ClN3. The first-order valence-electron chi connectivity index (χ1n) is 6.44. The van der Waals surface area contributed by atoms with Gasteiger partial charge in [-0.25, -0.2) is 9.97 Å². The Balaban J connectivity index is 2.58. The van der Waals surface area contributed by atoms with E-state index in [0.29, 0.717) is 11.2 Å². The van der Waals surface area contributed by atoms with E-state index < -0.39 is 0 Å². The van der Waals surface area contributed by atoms with E-state index in [-0.39, 0.29) is 0 Å². The number of unbranched alkanes of at least 4 members (excludes halogenated alkanes) is 2. The Labute approximate surface area is 109 Å². The van der Waals surface area contributed by atoms with Crippen molar-refractivity contribution in [3.8, 4) is 0 Å². The van der Waals surface area contributed by atoms with Gasteiger partial charge in [0, 0.05) is 11.6 Å². The van der Waals surface area contributed by atoms with Crippen molar-refractivity contribution >= 4 is 17.4 Å². The van der Waals surface area contributed by atoms with E-state index in [9.17, 15) is 0 Å². The van der Waals surface area contributed by atoms with Crippen LogP contribution in [0.4, 0.5) is 5.82 Å². The van der Waals surface area contributed by atoms with E-state index >= 15 is 0 Å². The van der Waals surface area contributed by atoms with Crippen LogP contribution in [0.15, 0.2) is 6.33 Å². The molecule has 4 heteroatoms. The summed E-state index contributed by atoms with van der Waals surface area (Å²) in [4.78, 5) is 8.28. The van der Waals surface area contributed by atoms with Crippen LogP contribution in [0.2, 0.25) is 5.15 Å². The smallest absolute Gasteiger partial charge is 0.137 e. The van der Waals surface area contributed by atoms with Gasteiger partial charge in [0.15, 0.2) is 0 Å². The second-order valence-electron chi connectivity index (χ2n) is 4.39. The van der Waals surface area contributed by atoms with Crippen molar-refractivity contribution in [2.24, 2.45) is 0 Å². The molecule has 0 spiro atoms. The fourth-order valence-corrected chi connectivity index (χ4v) is 2.10. The van der Waals surface area contributed by atoms with Crippen LogP contribution in [-0.2, 0) is 6.42 Å².